The van der Waals surface area contributed by atoms with Crippen molar-refractivity contribution in [2.24, 2.45) is 0 Å². The van der Waals surface area contributed by atoms with Gasteiger partial charge in [-0.3, -0.25) is 4.98 Å². The van der Waals surface area contributed by atoms with Gasteiger partial charge in [0.05, 0.1) is 11.7 Å². The van der Waals surface area contributed by atoms with Crippen molar-refractivity contribution in [1.82, 2.24) is 10.3 Å². The third kappa shape index (κ3) is 2.61. The lowest BCUT2D eigenvalue weighted by Crippen LogP contribution is -2.20. The Kier molecular flexibility index (Phi) is 4.12. The zero-order valence-electron chi connectivity index (χ0n) is 12.1. The molecule has 0 saturated heterocycles. The Morgan fingerprint density at radius 1 is 1.10 bits per heavy atom. The van der Waals surface area contributed by atoms with Crippen LogP contribution < -0.4 is 5.32 Å². The smallest absolute Gasteiger partial charge is 0.0714 e. The first-order chi connectivity index (χ1) is 9.90. The quantitative estimate of drug-likeness (QED) is 0.834. The summed E-state index contributed by atoms with van der Waals surface area (Å²) in [7, 11) is 2.04. The predicted molar refractivity (Wildman–Crippen MR) is 84.7 cm³/mol. The number of hydrogen-bond acceptors (Lipinski definition) is 2. The number of hydrogen-bond donors (Lipinski definition) is 1. The Morgan fingerprint density at radius 3 is 2.90 bits per heavy atom. The van der Waals surface area contributed by atoms with E-state index in [0.717, 1.165) is 0 Å². The van der Waals surface area contributed by atoms with E-state index in [-0.39, 0.29) is 6.04 Å². The third-order valence-corrected chi connectivity index (χ3v) is 4.21. The molecule has 0 aliphatic heterocycles. The van der Waals surface area contributed by atoms with E-state index in [1.165, 1.54) is 54.1 Å². The molecule has 0 fully saturated rings. The fraction of sp³-hybridized carbons (Fsp3) is 0.389. The predicted octanol–water partition coefficient (Wildman–Crippen LogP) is 4.39. The third-order valence-electron chi connectivity index (χ3n) is 4.21. The van der Waals surface area contributed by atoms with Gasteiger partial charge in [-0.2, -0.15) is 0 Å². The van der Waals surface area contributed by atoms with Crippen molar-refractivity contribution in [3.8, 4) is 0 Å². The van der Waals surface area contributed by atoms with E-state index in [0.29, 0.717) is 0 Å². The van der Waals surface area contributed by atoms with Crippen molar-refractivity contribution in [1.29, 1.82) is 0 Å². The number of aromatic nitrogens is 1. The normalized spacial score (nSPS) is 17.6. The van der Waals surface area contributed by atoms with Gasteiger partial charge in [-0.1, -0.05) is 42.3 Å². The number of likely N-dealkylation sites (N-methyl/N-ethyl adjacent to an activating group) is 1. The summed E-state index contributed by atoms with van der Waals surface area (Å²) in [5.74, 6) is 0. The van der Waals surface area contributed by atoms with E-state index >= 15 is 0 Å². The number of pyridine rings is 1. The van der Waals surface area contributed by atoms with Crippen molar-refractivity contribution in [2.45, 2.75) is 38.1 Å². The van der Waals surface area contributed by atoms with E-state index in [9.17, 15) is 0 Å². The standard InChI is InChI=1S/C18H22N2/c1-19-17(15-9-4-2-3-5-10-15)18-16-11-7-6-8-14(16)12-13-20-18/h6-9,11-13,17,19H,2-5,10H2,1H3. The summed E-state index contributed by atoms with van der Waals surface area (Å²) in [6.45, 7) is 0. The fourth-order valence-corrected chi connectivity index (χ4v) is 3.17. The van der Waals surface area contributed by atoms with Gasteiger partial charge >= 0.3 is 0 Å². The second-order valence-corrected chi connectivity index (χ2v) is 5.52. The van der Waals surface area contributed by atoms with Crippen molar-refractivity contribution in [3.63, 3.8) is 0 Å². The number of benzene rings is 1. The monoisotopic (exact) mass is 266 g/mol. The Hall–Kier alpha value is -1.67. The lowest BCUT2D eigenvalue weighted by Gasteiger charge is -2.20. The Bertz CT molecular complexity index is 610. The highest BCUT2D eigenvalue weighted by Gasteiger charge is 2.19. The van der Waals surface area contributed by atoms with Gasteiger partial charge in [-0.25, -0.2) is 0 Å². The van der Waals surface area contributed by atoms with Crippen LogP contribution in [0.5, 0.6) is 0 Å². The Morgan fingerprint density at radius 2 is 2.00 bits per heavy atom. The number of nitrogens with zero attached hydrogens (tertiary/aromatic N) is 1. The van der Waals surface area contributed by atoms with Crippen LogP contribution in [-0.4, -0.2) is 12.0 Å². The van der Waals surface area contributed by atoms with Gasteiger partial charge in [0.1, 0.15) is 0 Å². The highest BCUT2D eigenvalue weighted by Crippen LogP contribution is 2.31. The van der Waals surface area contributed by atoms with Gasteiger partial charge < -0.3 is 5.32 Å². The summed E-state index contributed by atoms with van der Waals surface area (Å²) in [5, 5.41) is 6.01. The number of allylic oxidation sites excluding steroid dienone is 1. The molecule has 1 aromatic carbocycles. The minimum Gasteiger partial charge on any atom is -0.308 e. The zero-order chi connectivity index (χ0) is 13.8. The van der Waals surface area contributed by atoms with Gasteiger partial charge in [0.25, 0.3) is 0 Å². The van der Waals surface area contributed by atoms with Gasteiger partial charge in [0.2, 0.25) is 0 Å². The first-order valence-electron chi connectivity index (χ1n) is 7.60. The van der Waals surface area contributed by atoms with Crippen LogP contribution >= 0.6 is 0 Å². The van der Waals surface area contributed by atoms with Crippen LogP contribution in [0.25, 0.3) is 10.8 Å². The van der Waals surface area contributed by atoms with E-state index in [2.05, 4.69) is 46.7 Å². The number of fused-ring (bicyclic) bond motifs is 1. The van der Waals surface area contributed by atoms with Gasteiger partial charge in [-0.15, -0.1) is 0 Å². The summed E-state index contributed by atoms with van der Waals surface area (Å²) in [4.78, 5) is 4.68. The van der Waals surface area contributed by atoms with Crippen LogP contribution in [0, 0.1) is 0 Å². The molecule has 104 valence electrons. The zero-order valence-corrected chi connectivity index (χ0v) is 12.1. The molecule has 2 heteroatoms. The second-order valence-electron chi connectivity index (χ2n) is 5.52. The molecule has 0 spiro atoms. The van der Waals surface area contributed by atoms with Crippen molar-refractivity contribution < 1.29 is 0 Å². The molecule has 1 N–H and O–H groups in total. The second kappa shape index (κ2) is 6.19. The lowest BCUT2D eigenvalue weighted by atomic mass is 9.95. The minimum atomic E-state index is 0.249. The van der Waals surface area contributed by atoms with Gasteiger partial charge in [0, 0.05) is 11.6 Å². The Balaban J connectivity index is 2.05. The average Bonchev–Trinajstić information content (AvgIpc) is 2.78. The summed E-state index contributed by atoms with van der Waals surface area (Å²) >= 11 is 0. The van der Waals surface area contributed by atoms with Crippen LogP contribution in [0.4, 0.5) is 0 Å². The summed E-state index contributed by atoms with van der Waals surface area (Å²) in [6.07, 6.45) is 10.7. The first-order valence-corrected chi connectivity index (χ1v) is 7.60. The number of rotatable bonds is 3. The van der Waals surface area contributed by atoms with Crippen molar-refractivity contribution in [3.05, 3.63) is 53.9 Å². The van der Waals surface area contributed by atoms with Crippen LogP contribution in [0.2, 0.25) is 0 Å². The maximum Gasteiger partial charge on any atom is 0.0714 e. The fourth-order valence-electron chi connectivity index (χ4n) is 3.17. The molecule has 1 aliphatic rings. The summed E-state index contributed by atoms with van der Waals surface area (Å²) in [6, 6.07) is 10.9. The molecule has 0 bridgehead atoms. The molecule has 0 saturated carbocycles. The topological polar surface area (TPSA) is 24.9 Å². The molecule has 1 aromatic heterocycles. The van der Waals surface area contributed by atoms with E-state index in [1.807, 2.05) is 13.2 Å². The highest BCUT2D eigenvalue weighted by molar-refractivity contribution is 5.85. The van der Waals surface area contributed by atoms with Crippen LogP contribution in [-0.2, 0) is 0 Å². The lowest BCUT2D eigenvalue weighted by molar-refractivity contribution is 0.619. The molecular weight excluding hydrogens is 244 g/mol. The SMILES string of the molecule is CNC(C1=CCCCCC1)c1nccc2ccccc12. The molecule has 0 radical (unpaired) electrons. The van der Waals surface area contributed by atoms with E-state index in [1.54, 1.807) is 0 Å². The molecule has 1 atom stereocenters. The average molecular weight is 266 g/mol. The van der Waals surface area contributed by atoms with Crippen molar-refractivity contribution >= 4 is 10.8 Å². The van der Waals surface area contributed by atoms with Crippen LogP contribution in [0.15, 0.2) is 48.2 Å². The minimum absolute atomic E-state index is 0.249. The molecule has 1 heterocycles. The largest absolute Gasteiger partial charge is 0.308 e. The maximum atomic E-state index is 4.68. The maximum absolute atomic E-state index is 4.68. The Labute approximate surface area is 120 Å². The van der Waals surface area contributed by atoms with Crippen LogP contribution in [0.3, 0.4) is 0 Å². The molecule has 1 aliphatic carbocycles. The van der Waals surface area contributed by atoms with E-state index < -0.39 is 0 Å². The van der Waals surface area contributed by atoms with Gasteiger partial charge in [0.15, 0.2) is 0 Å². The highest BCUT2D eigenvalue weighted by atomic mass is 14.9. The summed E-state index contributed by atoms with van der Waals surface area (Å²) < 4.78 is 0. The molecule has 0 amide bonds. The van der Waals surface area contributed by atoms with Crippen LogP contribution in [0.1, 0.15) is 43.8 Å². The number of nitrogens with one attached hydrogen (secondary N) is 1. The van der Waals surface area contributed by atoms with Crippen molar-refractivity contribution in [2.75, 3.05) is 7.05 Å². The summed E-state index contributed by atoms with van der Waals surface area (Å²) in [5.41, 5.74) is 2.67. The van der Waals surface area contributed by atoms with E-state index in [4.69, 9.17) is 0 Å². The first kappa shape index (κ1) is 13.3. The molecule has 3 rings (SSSR count). The molecule has 20 heavy (non-hydrogen) atoms. The molecule has 2 aromatic rings. The molecular formula is C18H22N2. The molecule has 1 unspecified atom stereocenters. The van der Waals surface area contributed by atoms with Gasteiger partial charge in [-0.05, 0) is 44.2 Å². The molecule has 2 nitrogen and oxygen atoms in total.